The molecule has 0 unspecified atom stereocenters. The van der Waals surface area contributed by atoms with Gasteiger partial charge in [-0.15, -0.1) is 0 Å². The van der Waals surface area contributed by atoms with Crippen molar-refractivity contribution >= 4 is 27.5 Å². The first-order valence-electron chi connectivity index (χ1n) is 6.40. The number of H-pyrrole nitrogens is 1. The number of anilines is 1. The topological polar surface area (TPSA) is 83.8 Å². The van der Waals surface area contributed by atoms with E-state index in [1.54, 1.807) is 18.2 Å². The van der Waals surface area contributed by atoms with Gasteiger partial charge in [-0.05, 0) is 53.4 Å². The molecule has 0 saturated carbocycles. The summed E-state index contributed by atoms with van der Waals surface area (Å²) in [6.07, 6.45) is 3.58. The summed E-state index contributed by atoms with van der Waals surface area (Å²) in [4.78, 5) is 12.0. The van der Waals surface area contributed by atoms with Gasteiger partial charge in [0.05, 0.1) is 16.2 Å². The van der Waals surface area contributed by atoms with E-state index in [1.165, 1.54) is 5.56 Å². The number of nitrogens with two attached hydrogens (primary N) is 1. The fourth-order valence-corrected chi connectivity index (χ4v) is 2.37. The van der Waals surface area contributed by atoms with Crippen LogP contribution in [0.5, 0.6) is 0 Å². The number of hydrogen-bond acceptors (Lipinski definition) is 3. The van der Waals surface area contributed by atoms with E-state index in [0.29, 0.717) is 22.3 Å². The largest absolute Gasteiger partial charge is 0.398 e. The van der Waals surface area contributed by atoms with Gasteiger partial charge in [0.1, 0.15) is 0 Å². The van der Waals surface area contributed by atoms with Crippen molar-refractivity contribution < 1.29 is 4.79 Å². The Kier molecular flexibility index (Phi) is 4.79. The molecule has 1 aromatic heterocycles. The number of amides is 1. The van der Waals surface area contributed by atoms with Crippen LogP contribution in [-0.2, 0) is 6.42 Å². The molecular formula is C14H17BrN4O. The number of nitrogens with one attached hydrogen (secondary N) is 2. The molecule has 0 saturated heterocycles. The number of aryl methyl sites for hydroxylation is 2. The number of carbonyl (C=O) groups excluding carboxylic acids is 1. The first kappa shape index (κ1) is 14.6. The van der Waals surface area contributed by atoms with Crippen molar-refractivity contribution in [1.82, 2.24) is 15.5 Å². The van der Waals surface area contributed by atoms with Crippen LogP contribution in [0.2, 0.25) is 0 Å². The minimum atomic E-state index is -0.118. The van der Waals surface area contributed by atoms with Gasteiger partial charge >= 0.3 is 0 Å². The minimum Gasteiger partial charge on any atom is -0.398 e. The maximum Gasteiger partial charge on any atom is 0.252 e. The second-order valence-electron chi connectivity index (χ2n) is 4.59. The number of nitrogen functional groups attached to an aromatic ring is 1. The Balaban J connectivity index is 1.84. The molecule has 20 heavy (non-hydrogen) atoms. The van der Waals surface area contributed by atoms with Gasteiger partial charge in [0.15, 0.2) is 0 Å². The molecule has 0 radical (unpaired) electrons. The molecule has 6 heteroatoms. The predicted octanol–water partition coefficient (Wildman–Crippen LogP) is 2.43. The quantitative estimate of drug-likeness (QED) is 0.579. The normalized spacial score (nSPS) is 10.5. The van der Waals surface area contributed by atoms with Crippen LogP contribution in [0.4, 0.5) is 5.69 Å². The molecule has 1 amide bonds. The molecule has 0 fully saturated rings. The fourth-order valence-electron chi connectivity index (χ4n) is 1.93. The van der Waals surface area contributed by atoms with Gasteiger partial charge in [-0.2, -0.15) is 5.10 Å². The maximum atomic E-state index is 12.0. The van der Waals surface area contributed by atoms with Gasteiger partial charge < -0.3 is 11.1 Å². The van der Waals surface area contributed by atoms with E-state index in [1.807, 2.05) is 13.1 Å². The monoisotopic (exact) mass is 336 g/mol. The number of carbonyl (C=O) groups is 1. The van der Waals surface area contributed by atoms with Gasteiger partial charge in [0.2, 0.25) is 0 Å². The summed E-state index contributed by atoms with van der Waals surface area (Å²) in [5, 5.41) is 9.77. The fraction of sp³-hybridized carbons (Fsp3) is 0.286. The molecule has 0 aliphatic carbocycles. The van der Waals surface area contributed by atoms with Crippen molar-refractivity contribution in [3.8, 4) is 0 Å². The van der Waals surface area contributed by atoms with Crippen molar-refractivity contribution in [1.29, 1.82) is 0 Å². The number of hydrogen-bond donors (Lipinski definition) is 3. The molecule has 4 N–H and O–H groups in total. The molecule has 0 bridgehead atoms. The van der Waals surface area contributed by atoms with Crippen LogP contribution in [0.3, 0.4) is 0 Å². The second kappa shape index (κ2) is 6.56. The van der Waals surface area contributed by atoms with Gasteiger partial charge in [-0.3, -0.25) is 9.89 Å². The SMILES string of the molecule is Cc1[nH]ncc1CCCNC(=O)c1cccc(N)c1Br. The van der Waals surface area contributed by atoms with Crippen molar-refractivity contribution in [3.63, 3.8) is 0 Å². The number of benzene rings is 1. The Morgan fingerprint density at radius 3 is 3.00 bits per heavy atom. The van der Waals surface area contributed by atoms with Gasteiger partial charge in [0.25, 0.3) is 5.91 Å². The lowest BCUT2D eigenvalue weighted by Crippen LogP contribution is -2.25. The molecule has 106 valence electrons. The molecule has 5 nitrogen and oxygen atoms in total. The van der Waals surface area contributed by atoms with Crippen LogP contribution in [0.15, 0.2) is 28.9 Å². The Bertz CT molecular complexity index is 609. The summed E-state index contributed by atoms with van der Waals surface area (Å²) in [7, 11) is 0. The molecule has 0 aliphatic heterocycles. The van der Waals surface area contributed by atoms with Gasteiger partial charge in [-0.1, -0.05) is 6.07 Å². The molecule has 2 rings (SSSR count). The number of halogens is 1. The first-order valence-corrected chi connectivity index (χ1v) is 7.20. The van der Waals surface area contributed by atoms with Crippen molar-refractivity contribution in [2.45, 2.75) is 19.8 Å². The highest BCUT2D eigenvalue weighted by Gasteiger charge is 2.11. The average molecular weight is 337 g/mol. The summed E-state index contributed by atoms with van der Waals surface area (Å²) in [6.45, 7) is 2.61. The summed E-state index contributed by atoms with van der Waals surface area (Å²) < 4.78 is 0.642. The van der Waals surface area contributed by atoms with E-state index in [0.717, 1.165) is 18.5 Å². The number of aromatic nitrogens is 2. The van der Waals surface area contributed by atoms with Gasteiger partial charge in [-0.25, -0.2) is 0 Å². The molecule has 0 aliphatic rings. The zero-order valence-corrected chi connectivity index (χ0v) is 12.8. The Morgan fingerprint density at radius 2 is 2.30 bits per heavy atom. The van der Waals surface area contributed by atoms with Crippen LogP contribution in [0.1, 0.15) is 28.0 Å². The second-order valence-corrected chi connectivity index (χ2v) is 5.38. The average Bonchev–Trinajstić information content (AvgIpc) is 2.83. The minimum absolute atomic E-state index is 0.118. The first-order chi connectivity index (χ1) is 9.59. The molecule has 0 spiro atoms. The third-order valence-electron chi connectivity index (χ3n) is 3.12. The summed E-state index contributed by atoms with van der Waals surface area (Å²) in [6, 6.07) is 5.27. The van der Waals surface area contributed by atoms with E-state index in [-0.39, 0.29) is 5.91 Å². The van der Waals surface area contributed by atoms with Crippen LogP contribution < -0.4 is 11.1 Å². The summed E-state index contributed by atoms with van der Waals surface area (Å²) in [5.41, 5.74) is 9.14. The Labute approximate surface area is 126 Å². The molecule has 1 aromatic carbocycles. The maximum absolute atomic E-state index is 12.0. The van der Waals surface area contributed by atoms with Crippen molar-refractivity contribution in [2.24, 2.45) is 0 Å². The zero-order chi connectivity index (χ0) is 14.5. The Hall–Kier alpha value is -1.82. The highest BCUT2D eigenvalue weighted by molar-refractivity contribution is 9.10. The van der Waals surface area contributed by atoms with Crippen LogP contribution in [0.25, 0.3) is 0 Å². The smallest absolute Gasteiger partial charge is 0.252 e. The van der Waals surface area contributed by atoms with Crippen LogP contribution in [-0.4, -0.2) is 22.6 Å². The van der Waals surface area contributed by atoms with Crippen LogP contribution >= 0.6 is 15.9 Å². The van der Waals surface area contributed by atoms with E-state index >= 15 is 0 Å². The van der Waals surface area contributed by atoms with E-state index in [2.05, 4.69) is 31.4 Å². The molecule has 2 aromatic rings. The van der Waals surface area contributed by atoms with Crippen molar-refractivity contribution in [2.75, 3.05) is 12.3 Å². The predicted molar refractivity (Wildman–Crippen MR) is 82.5 cm³/mol. The number of rotatable bonds is 5. The van der Waals surface area contributed by atoms with Gasteiger partial charge in [0, 0.05) is 17.9 Å². The molecule has 1 heterocycles. The Morgan fingerprint density at radius 1 is 1.50 bits per heavy atom. The summed E-state index contributed by atoms with van der Waals surface area (Å²) in [5.74, 6) is -0.118. The third-order valence-corrected chi connectivity index (χ3v) is 4.00. The third kappa shape index (κ3) is 3.39. The zero-order valence-electron chi connectivity index (χ0n) is 11.2. The lowest BCUT2D eigenvalue weighted by atomic mass is 10.1. The number of aromatic amines is 1. The number of nitrogens with zero attached hydrogens (tertiary/aromatic N) is 1. The lowest BCUT2D eigenvalue weighted by Gasteiger charge is -2.08. The standard InChI is InChI=1S/C14H17BrN4O/c1-9-10(8-18-19-9)4-3-7-17-14(20)11-5-2-6-12(16)13(11)15/h2,5-6,8H,3-4,7,16H2,1H3,(H,17,20)(H,18,19). The highest BCUT2D eigenvalue weighted by Crippen LogP contribution is 2.23. The summed E-state index contributed by atoms with van der Waals surface area (Å²) >= 11 is 3.33. The van der Waals surface area contributed by atoms with E-state index < -0.39 is 0 Å². The lowest BCUT2D eigenvalue weighted by molar-refractivity contribution is 0.0952. The molecular weight excluding hydrogens is 320 g/mol. The van der Waals surface area contributed by atoms with Crippen LogP contribution in [0, 0.1) is 6.92 Å². The van der Waals surface area contributed by atoms with Crippen molar-refractivity contribution in [3.05, 3.63) is 45.7 Å². The molecule has 0 atom stereocenters. The highest BCUT2D eigenvalue weighted by atomic mass is 79.9. The van der Waals surface area contributed by atoms with E-state index in [9.17, 15) is 4.79 Å². The van der Waals surface area contributed by atoms with E-state index in [4.69, 9.17) is 5.73 Å².